The quantitative estimate of drug-likeness (QED) is 0.681. The van der Waals surface area contributed by atoms with E-state index in [0.717, 1.165) is 17.5 Å². The number of nitrogens with zero attached hydrogens (tertiary/aromatic N) is 1. The van der Waals surface area contributed by atoms with Gasteiger partial charge in [-0.15, -0.1) is 0 Å². The molecule has 0 bridgehead atoms. The molecular weight excluding hydrogens is 313 g/mol. The number of hydrogen-bond acceptors (Lipinski definition) is 1. The molecule has 4 rings (SSSR count). The first kappa shape index (κ1) is 14.5. The maximum atomic E-state index is 13.2. The van der Waals surface area contributed by atoms with Crippen molar-refractivity contribution in [3.05, 3.63) is 75.4 Å². The van der Waals surface area contributed by atoms with Gasteiger partial charge in [0.05, 0.1) is 10.4 Å². The lowest BCUT2D eigenvalue weighted by Gasteiger charge is -2.15. The van der Waals surface area contributed by atoms with Crippen LogP contribution < -0.4 is 5.56 Å². The third kappa shape index (κ3) is 2.66. The van der Waals surface area contributed by atoms with Crippen molar-refractivity contribution in [2.45, 2.75) is 19.3 Å². The Morgan fingerprint density at radius 1 is 1.13 bits per heavy atom. The average molecular weight is 328 g/mol. The summed E-state index contributed by atoms with van der Waals surface area (Å²) in [6.45, 7) is 0. The predicted molar refractivity (Wildman–Crippen MR) is 90.9 cm³/mol. The van der Waals surface area contributed by atoms with Crippen molar-refractivity contribution >= 4 is 22.4 Å². The van der Waals surface area contributed by atoms with E-state index < -0.39 is 0 Å². The topological polar surface area (TPSA) is 22.0 Å². The number of hydrogen-bond donors (Lipinski definition) is 0. The molecule has 0 amide bonds. The molecular formula is C19H15ClFNO. The van der Waals surface area contributed by atoms with Crippen LogP contribution in [0, 0.1) is 11.7 Å². The summed E-state index contributed by atoms with van der Waals surface area (Å²) in [5, 5.41) is 1.82. The van der Waals surface area contributed by atoms with Crippen LogP contribution in [0.15, 0.2) is 53.3 Å². The van der Waals surface area contributed by atoms with Crippen molar-refractivity contribution in [2.24, 2.45) is 5.92 Å². The molecule has 0 atom stereocenters. The second-order valence-corrected chi connectivity index (χ2v) is 6.51. The number of rotatable bonds is 3. The lowest BCUT2D eigenvalue weighted by Crippen LogP contribution is -2.22. The SMILES string of the molecule is O=c1c2c(Cl)cccc2cc(CC2CC2)n1-c1ccc(F)cc1. The molecule has 1 aliphatic rings. The highest BCUT2D eigenvalue weighted by atomic mass is 35.5. The number of aromatic nitrogens is 1. The van der Waals surface area contributed by atoms with Crippen LogP contribution in [0.4, 0.5) is 4.39 Å². The molecule has 4 heteroatoms. The van der Waals surface area contributed by atoms with E-state index in [1.807, 2.05) is 18.2 Å². The Labute approximate surface area is 138 Å². The molecule has 2 nitrogen and oxygen atoms in total. The number of halogens is 2. The second-order valence-electron chi connectivity index (χ2n) is 6.10. The van der Waals surface area contributed by atoms with Crippen LogP contribution in [-0.2, 0) is 6.42 Å². The zero-order valence-corrected chi connectivity index (χ0v) is 13.2. The summed E-state index contributed by atoms with van der Waals surface area (Å²) in [4.78, 5) is 13.0. The molecule has 1 aliphatic carbocycles. The minimum atomic E-state index is -0.315. The Morgan fingerprint density at radius 3 is 2.57 bits per heavy atom. The van der Waals surface area contributed by atoms with E-state index in [1.165, 1.54) is 25.0 Å². The third-order valence-electron chi connectivity index (χ3n) is 4.35. The molecule has 0 N–H and O–H groups in total. The van der Waals surface area contributed by atoms with Crippen molar-refractivity contribution < 1.29 is 4.39 Å². The Hall–Kier alpha value is -2.13. The Balaban J connectivity index is 2.02. The highest BCUT2D eigenvalue weighted by molar-refractivity contribution is 6.35. The van der Waals surface area contributed by atoms with Crippen LogP contribution in [0.1, 0.15) is 18.5 Å². The van der Waals surface area contributed by atoms with Crippen LogP contribution in [0.3, 0.4) is 0 Å². The van der Waals surface area contributed by atoms with Crippen molar-refractivity contribution in [2.75, 3.05) is 0 Å². The maximum absolute atomic E-state index is 13.2. The van der Waals surface area contributed by atoms with Crippen molar-refractivity contribution in [3.63, 3.8) is 0 Å². The molecule has 0 aliphatic heterocycles. The van der Waals surface area contributed by atoms with E-state index in [4.69, 9.17) is 11.6 Å². The summed E-state index contributed by atoms with van der Waals surface area (Å²) >= 11 is 6.24. The van der Waals surface area contributed by atoms with Gasteiger partial charge in [-0.1, -0.05) is 23.7 Å². The van der Waals surface area contributed by atoms with Gasteiger partial charge in [0.2, 0.25) is 0 Å². The van der Waals surface area contributed by atoms with Gasteiger partial charge in [0.1, 0.15) is 5.82 Å². The lowest BCUT2D eigenvalue weighted by molar-refractivity contribution is 0.627. The van der Waals surface area contributed by atoms with Gasteiger partial charge < -0.3 is 0 Å². The van der Waals surface area contributed by atoms with Crippen LogP contribution in [0.5, 0.6) is 0 Å². The summed E-state index contributed by atoms with van der Waals surface area (Å²) in [5.74, 6) is 0.321. The van der Waals surface area contributed by atoms with Gasteiger partial charge >= 0.3 is 0 Å². The van der Waals surface area contributed by atoms with Gasteiger partial charge in [-0.2, -0.15) is 0 Å². The number of fused-ring (bicyclic) bond motifs is 1. The van der Waals surface area contributed by atoms with E-state index in [2.05, 4.69) is 0 Å². The van der Waals surface area contributed by atoms with Gasteiger partial charge in [0, 0.05) is 11.4 Å². The summed E-state index contributed by atoms with van der Waals surface area (Å²) in [6, 6.07) is 13.5. The number of pyridine rings is 1. The highest BCUT2D eigenvalue weighted by Crippen LogP contribution is 2.34. The molecule has 1 heterocycles. The Kier molecular flexibility index (Phi) is 3.46. The number of benzene rings is 2. The molecule has 0 radical (unpaired) electrons. The zero-order valence-electron chi connectivity index (χ0n) is 12.4. The van der Waals surface area contributed by atoms with Gasteiger partial charge in [0.25, 0.3) is 5.56 Å². The van der Waals surface area contributed by atoms with Crippen LogP contribution in [0.25, 0.3) is 16.5 Å². The van der Waals surface area contributed by atoms with Gasteiger partial charge in [-0.3, -0.25) is 9.36 Å². The van der Waals surface area contributed by atoms with E-state index in [0.29, 0.717) is 22.0 Å². The maximum Gasteiger partial charge on any atom is 0.264 e. The molecule has 1 saturated carbocycles. The average Bonchev–Trinajstić information content (AvgIpc) is 3.33. The van der Waals surface area contributed by atoms with E-state index >= 15 is 0 Å². The summed E-state index contributed by atoms with van der Waals surface area (Å²) < 4.78 is 14.9. The minimum Gasteiger partial charge on any atom is -0.281 e. The van der Waals surface area contributed by atoms with Gasteiger partial charge in [0.15, 0.2) is 0 Å². The van der Waals surface area contributed by atoms with E-state index in [1.54, 1.807) is 22.8 Å². The normalized spacial score (nSPS) is 14.3. The molecule has 0 saturated heterocycles. The Bertz CT molecular complexity index is 942. The molecule has 0 spiro atoms. The first-order valence-electron chi connectivity index (χ1n) is 7.72. The Morgan fingerprint density at radius 2 is 1.87 bits per heavy atom. The highest BCUT2D eigenvalue weighted by Gasteiger charge is 2.24. The standard InChI is InChI=1S/C19H15ClFNO/c20-17-3-1-2-13-11-16(10-12-4-5-12)22(19(23)18(13)17)15-8-6-14(21)7-9-15/h1-3,6-9,11-12H,4-5,10H2. The molecule has 3 aromatic rings. The lowest BCUT2D eigenvalue weighted by atomic mass is 10.1. The summed E-state index contributed by atoms with van der Waals surface area (Å²) in [6.07, 6.45) is 3.26. The first-order valence-corrected chi connectivity index (χ1v) is 8.10. The second kappa shape index (κ2) is 5.50. The zero-order chi connectivity index (χ0) is 16.0. The van der Waals surface area contributed by atoms with Crippen molar-refractivity contribution in [3.8, 4) is 5.69 Å². The van der Waals surface area contributed by atoms with Crippen LogP contribution in [-0.4, -0.2) is 4.57 Å². The molecule has 116 valence electrons. The fourth-order valence-corrected chi connectivity index (χ4v) is 3.28. The predicted octanol–water partition coefficient (Wildman–Crippen LogP) is 4.74. The minimum absolute atomic E-state index is 0.143. The van der Waals surface area contributed by atoms with Gasteiger partial charge in [-0.05, 0) is 67.0 Å². The molecule has 0 unspecified atom stereocenters. The largest absolute Gasteiger partial charge is 0.281 e. The fourth-order valence-electron chi connectivity index (χ4n) is 3.01. The summed E-state index contributed by atoms with van der Waals surface area (Å²) in [5.41, 5.74) is 1.49. The van der Waals surface area contributed by atoms with Crippen molar-refractivity contribution in [1.29, 1.82) is 0 Å². The monoisotopic (exact) mass is 327 g/mol. The van der Waals surface area contributed by atoms with Crippen molar-refractivity contribution in [1.82, 2.24) is 4.57 Å². The molecule has 23 heavy (non-hydrogen) atoms. The van der Waals surface area contributed by atoms with Gasteiger partial charge in [-0.25, -0.2) is 4.39 Å². The molecule has 1 aromatic heterocycles. The van der Waals surface area contributed by atoms with E-state index in [9.17, 15) is 9.18 Å². The third-order valence-corrected chi connectivity index (χ3v) is 4.67. The smallest absolute Gasteiger partial charge is 0.264 e. The molecule has 2 aromatic carbocycles. The summed E-state index contributed by atoms with van der Waals surface area (Å²) in [7, 11) is 0. The first-order chi connectivity index (χ1) is 11.1. The fraction of sp³-hybridized carbons (Fsp3) is 0.211. The van der Waals surface area contributed by atoms with Crippen LogP contribution >= 0.6 is 11.6 Å². The van der Waals surface area contributed by atoms with Crippen LogP contribution in [0.2, 0.25) is 5.02 Å². The molecule has 1 fully saturated rings. The van der Waals surface area contributed by atoms with E-state index in [-0.39, 0.29) is 11.4 Å².